The van der Waals surface area contributed by atoms with Gasteiger partial charge in [-0.1, -0.05) is 11.6 Å². The summed E-state index contributed by atoms with van der Waals surface area (Å²) in [5.74, 6) is -1.38. The molecule has 2 aromatic carbocycles. The van der Waals surface area contributed by atoms with Crippen LogP contribution in [-0.4, -0.2) is 56.3 Å². The fraction of sp³-hybridized carbons (Fsp3) is 0.278. The van der Waals surface area contributed by atoms with E-state index in [0.717, 1.165) is 18.2 Å². The normalized spacial score (nSPS) is 16.1. The van der Waals surface area contributed by atoms with Crippen molar-refractivity contribution < 1.29 is 22.0 Å². The molecule has 10 heteroatoms. The van der Waals surface area contributed by atoms with Crippen molar-refractivity contribution in [2.75, 3.05) is 38.0 Å². The van der Waals surface area contributed by atoms with Gasteiger partial charge in [0.1, 0.15) is 11.6 Å². The van der Waals surface area contributed by atoms with Crippen LogP contribution in [-0.2, 0) is 14.8 Å². The average molecular weight is 430 g/mol. The van der Waals surface area contributed by atoms with Gasteiger partial charge in [-0.15, -0.1) is 0 Å². The summed E-state index contributed by atoms with van der Waals surface area (Å²) in [6, 6.07) is 8.58. The van der Waals surface area contributed by atoms with Crippen molar-refractivity contribution in [3.8, 4) is 0 Å². The van der Waals surface area contributed by atoms with Crippen LogP contribution in [0.3, 0.4) is 0 Å². The van der Waals surface area contributed by atoms with Crippen LogP contribution in [0.5, 0.6) is 0 Å². The lowest BCUT2D eigenvalue weighted by Crippen LogP contribution is -2.50. The molecule has 0 saturated carbocycles. The largest absolute Gasteiger partial charge is 0.325 e. The fourth-order valence-corrected chi connectivity index (χ4v) is 4.46. The minimum absolute atomic E-state index is 0.0354. The van der Waals surface area contributed by atoms with Crippen molar-refractivity contribution in [2.24, 2.45) is 0 Å². The summed E-state index contributed by atoms with van der Waals surface area (Å²) in [7, 11) is -3.70. The van der Waals surface area contributed by atoms with Gasteiger partial charge in [-0.3, -0.25) is 9.69 Å². The first-order valence-corrected chi connectivity index (χ1v) is 10.3. The highest BCUT2D eigenvalue weighted by Gasteiger charge is 2.29. The zero-order valence-corrected chi connectivity index (χ0v) is 16.3. The summed E-state index contributed by atoms with van der Waals surface area (Å²) in [6.07, 6.45) is 0. The lowest BCUT2D eigenvalue weighted by Gasteiger charge is -2.33. The molecule has 1 amide bonds. The minimum Gasteiger partial charge on any atom is -0.325 e. The average Bonchev–Trinajstić information content (AvgIpc) is 2.65. The summed E-state index contributed by atoms with van der Waals surface area (Å²) in [4.78, 5) is 14.0. The van der Waals surface area contributed by atoms with Crippen LogP contribution in [0.25, 0.3) is 0 Å². The van der Waals surface area contributed by atoms with Gasteiger partial charge >= 0.3 is 0 Å². The molecular formula is C18H18ClF2N3O3S. The lowest BCUT2D eigenvalue weighted by molar-refractivity contribution is -0.117. The highest BCUT2D eigenvalue weighted by molar-refractivity contribution is 7.89. The molecule has 0 radical (unpaired) electrons. The molecule has 3 rings (SSSR count). The second-order valence-corrected chi connectivity index (χ2v) is 8.66. The number of anilines is 1. The molecule has 1 heterocycles. The van der Waals surface area contributed by atoms with Gasteiger partial charge in [-0.05, 0) is 42.5 Å². The Kier molecular flexibility index (Phi) is 6.29. The number of benzene rings is 2. The Morgan fingerprint density at radius 2 is 1.68 bits per heavy atom. The van der Waals surface area contributed by atoms with E-state index >= 15 is 0 Å². The molecular weight excluding hydrogens is 412 g/mol. The number of sulfonamides is 1. The van der Waals surface area contributed by atoms with E-state index in [9.17, 15) is 22.0 Å². The second kappa shape index (κ2) is 8.52. The van der Waals surface area contributed by atoms with Gasteiger partial charge in [-0.2, -0.15) is 4.31 Å². The van der Waals surface area contributed by atoms with Crippen molar-refractivity contribution in [1.82, 2.24) is 9.21 Å². The maximum absolute atomic E-state index is 13.2. The van der Waals surface area contributed by atoms with Crippen molar-refractivity contribution in [1.29, 1.82) is 0 Å². The maximum atomic E-state index is 13.2. The zero-order chi connectivity index (χ0) is 20.3. The predicted octanol–water partition coefficient (Wildman–Crippen LogP) is 2.56. The van der Waals surface area contributed by atoms with Gasteiger partial charge in [0, 0.05) is 31.9 Å². The summed E-state index contributed by atoms with van der Waals surface area (Å²) >= 11 is 5.69. The molecule has 0 unspecified atom stereocenters. The van der Waals surface area contributed by atoms with E-state index in [1.807, 2.05) is 4.90 Å². The van der Waals surface area contributed by atoms with Crippen LogP contribution < -0.4 is 5.32 Å². The molecule has 6 nitrogen and oxygen atoms in total. The number of nitrogens with zero attached hydrogens (tertiary/aromatic N) is 2. The highest BCUT2D eigenvalue weighted by atomic mass is 35.5. The van der Waals surface area contributed by atoms with E-state index < -0.39 is 21.7 Å². The fourth-order valence-electron chi connectivity index (χ4n) is 2.86. The molecule has 1 aliphatic heterocycles. The van der Waals surface area contributed by atoms with Crippen LogP contribution in [0, 0.1) is 11.6 Å². The van der Waals surface area contributed by atoms with Crippen LogP contribution >= 0.6 is 11.6 Å². The number of carbonyl (C=O) groups is 1. The van der Waals surface area contributed by atoms with Crippen LogP contribution in [0.1, 0.15) is 0 Å². The summed E-state index contributed by atoms with van der Waals surface area (Å²) in [6.45, 7) is 1.25. The van der Waals surface area contributed by atoms with Crippen molar-refractivity contribution >= 4 is 33.2 Å². The molecule has 1 fully saturated rings. The standard InChI is InChI=1S/C18H18ClF2N3O3S/c19-16-11-14(3-6-17(16)21)22-18(25)12-23-7-9-24(10-8-23)28(26,27)15-4-1-13(20)2-5-15/h1-6,11H,7-10,12H2,(H,22,25). The maximum Gasteiger partial charge on any atom is 0.243 e. The number of piperazine rings is 1. The molecule has 1 aliphatic rings. The van der Waals surface area contributed by atoms with Gasteiger partial charge in [0.05, 0.1) is 16.5 Å². The van der Waals surface area contributed by atoms with Gasteiger partial charge in [0.25, 0.3) is 0 Å². The van der Waals surface area contributed by atoms with E-state index in [0.29, 0.717) is 18.8 Å². The molecule has 0 aromatic heterocycles. The molecule has 28 heavy (non-hydrogen) atoms. The number of carbonyl (C=O) groups excluding carboxylic acids is 1. The van der Waals surface area contributed by atoms with Crippen LogP contribution in [0.15, 0.2) is 47.4 Å². The summed E-state index contributed by atoms with van der Waals surface area (Å²) in [5.41, 5.74) is 0.383. The Bertz CT molecular complexity index is 963. The van der Waals surface area contributed by atoms with Crippen molar-refractivity contribution in [3.63, 3.8) is 0 Å². The first-order valence-electron chi connectivity index (χ1n) is 8.49. The molecule has 0 aliphatic carbocycles. The van der Waals surface area contributed by atoms with E-state index in [4.69, 9.17) is 11.6 Å². The number of nitrogens with one attached hydrogen (secondary N) is 1. The number of rotatable bonds is 5. The first kappa shape index (κ1) is 20.7. The van der Waals surface area contributed by atoms with Crippen molar-refractivity contribution in [2.45, 2.75) is 4.90 Å². The molecule has 1 saturated heterocycles. The monoisotopic (exact) mass is 429 g/mol. The number of hydrogen-bond donors (Lipinski definition) is 1. The van der Waals surface area contributed by atoms with Crippen molar-refractivity contribution in [3.05, 3.63) is 59.1 Å². The Hall–Kier alpha value is -2.07. The quantitative estimate of drug-likeness (QED) is 0.793. The smallest absolute Gasteiger partial charge is 0.243 e. The molecule has 150 valence electrons. The van der Waals surface area contributed by atoms with E-state index in [1.165, 1.54) is 28.6 Å². The third kappa shape index (κ3) is 4.85. The Balaban J connectivity index is 1.54. The lowest BCUT2D eigenvalue weighted by atomic mass is 10.3. The molecule has 2 aromatic rings. The molecule has 0 spiro atoms. The van der Waals surface area contributed by atoms with Gasteiger partial charge in [0.2, 0.25) is 15.9 Å². The molecule has 0 bridgehead atoms. The van der Waals surface area contributed by atoms with Gasteiger partial charge in [-0.25, -0.2) is 17.2 Å². The number of amides is 1. The Morgan fingerprint density at radius 3 is 2.29 bits per heavy atom. The SMILES string of the molecule is O=C(CN1CCN(S(=O)(=O)c2ccc(F)cc2)CC1)Nc1ccc(F)c(Cl)c1. The second-order valence-electron chi connectivity index (χ2n) is 6.31. The topological polar surface area (TPSA) is 69.7 Å². The minimum atomic E-state index is -3.70. The van der Waals surface area contributed by atoms with E-state index in [1.54, 1.807) is 0 Å². The van der Waals surface area contributed by atoms with Crippen LogP contribution in [0.2, 0.25) is 5.02 Å². The molecule has 1 N–H and O–H groups in total. The van der Waals surface area contributed by atoms with Crippen LogP contribution in [0.4, 0.5) is 14.5 Å². The predicted molar refractivity (Wildman–Crippen MR) is 102 cm³/mol. The third-order valence-corrected chi connectivity index (χ3v) is 6.56. The zero-order valence-electron chi connectivity index (χ0n) is 14.7. The van der Waals surface area contributed by atoms with E-state index in [-0.39, 0.29) is 35.5 Å². The summed E-state index contributed by atoms with van der Waals surface area (Å²) in [5, 5.41) is 2.55. The Labute approximate surface area is 166 Å². The van der Waals surface area contributed by atoms with E-state index in [2.05, 4.69) is 5.32 Å². The van der Waals surface area contributed by atoms with Gasteiger partial charge in [0.15, 0.2) is 0 Å². The Morgan fingerprint density at radius 1 is 1.04 bits per heavy atom. The first-order chi connectivity index (χ1) is 13.3. The number of hydrogen-bond acceptors (Lipinski definition) is 4. The highest BCUT2D eigenvalue weighted by Crippen LogP contribution is 2.20. The van der Waals surface area contributed by atoms with Gasteiger partial charge < -0.3 is 5.32 Å². The summed E-state index contributed by atoms with van der Waals surface area (Å²) < 4.78 is 52.7. The molecule has 0 atom stereocenters. The third-order valence-electron chi connectivity index (χ3n) is 4.35. The number of halogens is 3.